The van der Waals surface area contributed by atoms with Crippen LogP contribution in [0.25, 0.3) is 0 Å². The highest BCUT2D eigenvalue weighted by molar-refractivity contribution is 5.94. The number of carbonyl (C=O) groups is 1. The highest BCUT2D eigenvalue weighted by atomic mass is 19.1. The molecule has 4 nitrogen and oxygen atoms in total. The van der Waals surface area contributed by atoms with Crippen LogP contribution in [0.2, 0.25) is 0 Å². The Morgan fingerprint density at radius 1 is 1.44 bits per heavy atom. The smallest absolute Gasteiger partial charge is 0.254 e. The first-order valence-electron chi connectivity index (χ1n) is 4.87. The van der Waals surface area contributed by atoms with Crippen molar-refractivity contribution in [1.29, 1.82) is 0 Å². The molecule has 0 aliphatic rings. The van der Waals surface area contributed by atoms with Crippen LogP contribution in [0.4, 0.5) is 4.39 Å². The standard InChI is InChI=1S/C11H14FNO3/c1-7-2-3-9(10(12)4-7)11(16)13-8(5-14)6-15/h2-4,8,14-15H,5-6H2,1H3,(H,13,16). The lowest BCUT2D eigenvalue weighted by Crippen LogP contribution is -2.40. The number of amides is 1. The Morgan fingerprint density at radius 3 is 2.56 bits per heavy atom. The van der Waals surface area contributed by atoms with Gasteiger partial charge in [-0.25, -0.2) is 4.39 Å². The molecule has 16 heavy (non-hydrogen) atoms. The van der Waals surface area contributed by atoms with E-state index in [9.17, 15) is 9.18 Å². The zero-order valence-electron chi connectivity index (χ0n) is 8.90. The minimum absolute atomic E-state index is 0.0995. The molecule has 0 aliphatic heterocycles. The van der Waals surface area contributed by atoms with Gasteiger partial charge in [-0.15, -0.1) is 0 Å². The van der Waals surface area contributed by atoms with E-state index in [2.05, 4.69) is 5.32 Å². The zero-order chi connectivity index (χ0) is 12.1. The molecule has 0 heterocycles. The first-order valence-corrected chi connectivity index (χ1v) is 4.87. The molecule has 0 radical (unpaired) electrons. The van der Waals surface area contributed by atoms with E-state index in [-0.39, 0.29) is 5.56 Å². The highest BCUT2D eigenvalue weighted by Crippen LogP contribution is 2.09. The Balaban J connectivity index is 2.80. The van der Waals surface area contributed by atoms with Crippen molar-refractivity contribution in [2.45, 2.75) is 13.0 Å². The molecule has 1 rings (SSSR count). The second-order valence-corrected chi connectivity index (χ2v) is 3.52. The molecule has 0 atom stereocenters. The number of aryl methyl sites for hydroxylation is 1. The van der Waals surface area contributed by atoms with E-state index in [0.717, 1.165) is 5.56 Å². The van der Waals surface area contributed by atoms with E-state index < -0.39 is 31.0 Å². The van der Waals surface area contributed by atoms with Crippen molar-refractivity contribution in [3.63, 3.8) is 0 Å². The van der Waals surface area contributed by atoms with Crippen LogP contribution in [0.3, 0.4) is 0 Å². The van der Waals surface area contributed by atoms with Gasteiger partial charge in [0.25, 0.3) is 5.91 Å². The number of aliphatic hydroxyl groups excluding tert-OH is 2. The van der Waals surface area contributed by atoms with Crippen LogP contribution in [0, 0.1) is 12.7 Å². The molecule has 3 N–H and O–H groups in total. The summed E-state index contributed by atoms with van der Waals surface area (Å²) in [7, 11) is 0. The van der Waals surface area contributed by atoms with Crippen molar-refractivity contribution in [2.24, 2.45) is 0 Å². The maximum atomic E-state index is 13.4. The third-order valence-corrected chi connectivity index (χ3v) is 2.15. The molecule has 0 saturated heterocycles. The van der Waals surface area contributed by atoms with Crippen LogP contribution in [-0.2, 0) is 0 Å². The van der Waals surface area contributed by atoms with Crippen LogP contribution in [0.1, 0.15) is 15.9 Å². The summed E-state index contributed by atoms with van der Waals surface area (Å²) >= 11 is 0. The van der Waals surface area contributed by atoms with E-state index in [0.29, 0.717) is 0 Å². The Kier molecular flexibility index (Phi) is 4.39. The van der Waals surface area contributed by atoms with Crippen LogP contribution in [-0.4, -0.2) is 35.4 Å². The van der Waals surface area contributed by atoms with Gasteiger partial charge in [-0.2, -0.15) is 0 Å². The lowest BCUT2D eigenvalue weighted by atomic mass is 10.1. The Bertz CT molecular complexity index is 377. The van der Waals surface area contributed by atoms with E-state index in [1.165, 1.54) is 12.1 Å². The van der Waals surface area contributed by atoms with Crippen LogP contribution >= 0.6 is 0 Å². The third kappa shape index (κ3) is 3.01. The average Bonchev–Trinajstić information content (AvgIpc) is 2.25. The molecule has 1 aromatic rings. The van der Waals surface area contributed by atoms with Gasteiger partial charge < -0.3 is 15.5 Å². The largest absolute Gasteiger partial charge is 0.394 e. The number of aliphatic hydroxyl groups is 2. The van der Waals surface area contributed by atoms with E-state index in [1.807, 2.05) is 0 Å². The molecule has 0 saturated carbocycles. The molecule has 0 unspecified atom stereocenters. The van der Waals surface area contributed by atoms with Gasteiger partial charge in [0.15, 0.2) is 0 Å². The van der Waals surface area contributed by atoms with Crippen LogP contribution < -0.4 is 5.32 Å². The van der Waals surface area contributed by atoms with Crippen molar-refractivity contribution in [3.8, 4) is 0 Å². The molecular weight excluding hydrogens is 213 g/mol. The topological polar surface area (TPSA) is 69.6 Å². The van der Waals surface area contributed by atoms with Crippen molar-refractivity contribution in [3.05, 3.63) is 35.1 Å². The summed E-state index contributed by atoms with van der Waals surface area (Å²) in [5.74, 6) is -1.27. The van der Waals surface area contributed by atoms with E-state index >= 15 is 0 Å². The lowest BCUT2D eigenvalue weighted by molar-refractivity contribution is 0.0875. The van der Waals surface area contributed by atoms with Crippen molar-refractivity contribution in [1.82, 2.24) is 5.32 Å². The molecule has 0 aliphatic carbocycles. The molecule has 0 aromatic heterocycles. The SMILES string of the molecule is Cc1ccc(C(=O)NC(CO)CO)c(F)c1. The van der Waals surface area contributed by atoms with Gasteiger partial charge in [-0.05, 0) is 24.6 Å². The first kappa shape index (κ1) is 12.6. The molecule has 5 heteroatoms. The number of hydrogen-bond donors (Lipinski definition) is 3. The van der Waals surface area contributed by atoms with Crippen LogP contribution in [0.5, 0.6) is 0 Å². The lowest BCUT2D eigenvalue weighted by Gasteiger charge is -2.13. The summed E-state index contributed by atoms with van der Waals surface area (Å²) in [6.45, 7) is 0.931. The normalized spacial score (nSPS) is 10.6. The molecule has 0 spiro atoms. The van der Waals surface area contributed by atoms with Crippen molar-refractivity contribution < 1.29 is 19.4 Å². The zero-order valence-corrected chi connectivity index (χ0v) is 8.90. The number of carbonyl (C=O) groups excluding carboxylic acids is 1. The van der Waals surface area contributed by atoms with Crippen LogP contribution in [0.15, 0.2) is 18.2 Å². The monoisotopic (exact) mass is 227 g/mol. The fourth-order valence-corrected chi connectivity index (χ4v) is 1.22. The summed E-state index contributed by atoms with van der Waals surface area (Å²) in [6.07, 6.45) is 0. The average molecular weight is 227 g/mol. The fraction of sp³-hybridized carbons (Fsp3) is 0.364. The Labute approximate surface area is 92.7 Å². The molecular formula is C11H14FNO3. The highest BCUT2D eigenvalue weighted by Gasteiger charge is 2.15. The van der Waals surface area contributed by atoms with Gasteiger partial charge >= 0.3 is 0 Å². The van der Waals surface area contributed by atoms with Gasteiger partial charge in [0, 0.05) is 0 Å². The Hall–Kier alpha value is -1.46. The number of benzene rings is 1. The third-order valence-electron chi connectivity index (χ3n) is 2.15. The number of rotatable bonds is 4. The summed E-state index contributed by atoms with van der Waals surface area (Å²) in [5, 5.41) is 19.8. The van der Waals surface area contributed by atoms with Gasteiger partial charge in [0.1, 0.15) is 5.82 Å². The number of halogens is 1. The molecule has 0 bridgehead atoms. The van der Waals surface area contributed by atoms with Crippen molar-refractivity contribution >= 4 is 5.91 Å². The second-order valence-electron chi connectivity index (χ2n) is 3.52. The quantitative estimate of drug-likeness (QED) is 0.689. The predicted molar refractivity (Wildman–Crippen MR) is 56.6 cm³/mol. The minimum atomic E-state index is -0.770. The minimum Gasteiger partial charge on any atom is -0.394 e. The summed E-state index contributed by atoms with van der Waals surface area (Å²) in [6, 6.07) is 3.46. The first-order chi connectivity index (χ1) is 7.58. The summed E-state index contributed by atoms with van der Waals surface area (Å²) in [4.78, 5) is 11.5. The maximum Gasteiger partial charge on any atom is 0.254 e. The predicted octanol–water partition coefficient (Wildman–Crippen LogP) is 0.217. The number of hydrogen-bond acceptors (Lipinski definition) is 3. The van der Waals surface area contributed by atoms with Gasteiger partial charge in [0.2, 0.25) is 0 Å². The molecule has 88 valence electrons. The number of nitrogens with one attached hydrogen (secondary N) is 1. The second kappa shape index (κ2) is 5.58. The molecule has 1 aromatic carbocycles. The maximum absolute atomic E-state index is 13.4. The van der Waals surface area contributed by atoms with Gasteiger partial charge in [0.05, 0.1) is 24.8 Å². The molecule has 1 amide bonds. The van der Waals surface area contributed by atoms with E-state index in [1.54, 1.807) is 13.0 Å². The molecule has 0 fully saturated rings. The fourth-order valence-electron chi connectivity index (χ4n) is 1.22. The summed E-state index contributed by atoms with van der Waals surface area (Å²) < 4.78 is 13.4. The van der Waals surface area contributed by atoms with E-state index in [4.69, 9.17) is 10.2 Å². The van der Waals surface area contributed by atoms with Gasteiger partial charge in [-0.3, -0.25) is 4.79 Å². The summed E-state index contributed by atoms with van der Waals surface area (Å²) in [5.41, 5.74) is 0.618. The van der Waals surface area contributed by atoms with Crippen molar-refractivity contribution in [2.75, 3.05) is 13.2 Å². The van der Waals surface area contributed by atoms with Gasteiger partial charge in [-0.1, -0.05) is 6.07 Å². The Morgan fingerprint density at radius 2 is 2.06 bits per heavy atom.